The molecule has 0 bridgehead atoms. The van der Waals surface area contributed by atoms with E-state index in [2.05, 4.69) is 10.3 Å². The Balaban J connectivity index is 3.29. The molecule has 128 valence electrons. The van der Waals surface area contributed by atoms with Crippen molar-refractivity contribution >= 4 is 28.9 Å². The number of hydrogen-bond acceptors (Lipinski definition) is 4. The number of nitrogens with zero attached hydrogens (tertiary/aromatic N) is 3. The van der Waals surface area contributed by atoms with Gasteiger partial charge in [-0.15, -0.1) is 0 Å². The molecule has 0 aliphatic heterocycles. The van der Waals surface area contributed by atoms with Gasteiger partial charge in [-0.3, -0.25) is 4.79 Å². The lowest BCUT2D eigenvalue weighted by atomic mass is 10.2. The Hall–Kier alpha value is -2.35. The second-order valence-electron chi connectivity index (χ2n) is 5.42. The molecule has 0 spiro atoms. The van der Waals surface area contributed by atoms with E-state index in [1.165, 1.54) is 19.1 Å². The van der Waals surface area contributed by atoms with E-state index >= 15 is 0 Å². The molecule has 0 aliphatic rings. The zero-order valence-electron chi connectivity index (χ0n) is 14.1. The number of amides is 1. The van der Waals surface area contributed by atoms with Crippen LogP contribution in [0.1, 0.15) is 13.8 Å². The third kappa shape index (κ3) is 5.74. The Morgan fingerprint density at radius 1 is 1.30 bits per heavy atom. The van der Waals surface area contributed by atoms with Crippen molar-refractivity contribution in [2.24, 2.45) is 16.5 Å². The number of anilines is 2. The molecule has 8 heteroatoms. The number of guanidine groups is 1. The van der Waals surface area contributed by atoms with E-state index in [1.807, 2.05) is 30.8 Å². The molecule has 5 N–H and O–H groups in total. The number of likely N-dealkylation sites (N-methyl/N-ethyl adjacent to an activating group) is 2. The van der Waals surface area contributed by atoms with E-state index in [-0.39, 0.29) is 17.6 Å². The highest BCUT2D eigenvalue weighted by atomic mass is 19.1. The summed E-state index contributed by atoms with van der Waals surface area (Å²) in [6.45, 7) is 5.52. The van der Waals surface area contributed by atoms with Crippen LogP contribution in [0.15, 0.2) is 17.1 Å². The van der Waals surface area contributed by atoms with Crippen molar-refractivity contribution in [2.45, 2.75) is 13.8 Å². The second kappa shape index (κ2) is 8.33. The predicted octanol–water partition coefficient (Wildman–Crippen LogP) is 1.08. The molecule has 0 saturated heterocycles. The van der Waals surface area contributed by atoms with Crippen molar-refractivity contribution in [1.82, 2.24) is 4.90 Å². The molecule has 0 fully saturated rings. The van der Waals surface area contributed by atoms with Crippen LogP contribution in [-0.4, -0.2) is 50.5 Å². The minimum atomic E-state index is -0.550. The van der Waals surface area contributed by atoms with Crippen LogP contribution in [0.3, 0.4) is 0 Å². The molecule has 0 heterocycles. The molecule has 0 radical (unpaired) electrons. The summed E-state index contributed by atoms with van der Waals surface area (Å²) in [5.74, 6) is -1.05. The Labute approximate surface area is 136 Å². The number of nitrogens with two attached hydrogens (primary N) is 2. The van der Waals surface area contributed by atoms with Gasteiger partial charge in [0.25, 0.3) is 0 Å². The normalized spacial score (nSPS) is 10.5. The average Bonchev–Trinajstić information content (AvgIpc) is 2.42. The van der Waals surface area contributed by atoms with Crippen LogP contribution in [0.25, 0.3) is 0 Å². The number of nitrogens with one attached hydrogen (secondary N) is 1. The molecule has 7 nitrogen and oxygen atoms in total. The minimum Gasteiger partial charge on any atom is -0.370 e. The van der Waals surface area contributed by atoms with Gasteiger partial charge in [0.1, 0.15) is 5.69 Å². The molecule has 1 aromatic rings. The topological polar surface area (TPSA) is 100.0 Å². The highest BCUT2D eigenvalue weighted by Crippen LogP contribution is 2.33. The summed E-state index contributed by atoms with van der Waals surface area (Å²) in [6.07, 6.45) is 0. The van der Waals surface area contributed by atoms with Gasteiger partial charge in [0.2, 0.25) is 5.91 Å². The van der Waals surface area contributed by atoms with E-state index in [0.29, 0.717) is 24.5 Å². The Morgan fingerprint density at radius 2 is 1.96 bits per heavy atom. The van der Waals surface area contributed by atoms with Crippen LogP contribution in [0.2, 0.25) is 0 Å². The fourth-order valence-electron chi connectivity index (χ4n) is 2.10. The van der Waals surface area contributed by atoms with Crippen molar-refractivity contribution < 1.29 is 9.18 Å². The maximum Gasteiger partial charge on any atom is 0.221 e. The van der Waals surface area contributed by atoms with Crippen molar-refractivity contribution in [3.63, 3.8) is 0 Å². The lowest BCUT2D eigenvalue weighted by molar-refractivity contribution is -0.114. The molecule has 1 amide bonds. The van der Waals surface area contributed by atoms with E-state index in [0.717, 1.165) is 6.54 Å². The Morgan fingerprint density at radius 3 is 2.43 bits per heavy atom. The van der Waals surface area contributed by atoms with Crippen LogP contribution in [0.5, 0.6) is 0 Å². The van der Waals surface area contributed by atoms with E-state index < -0.39 is 5.82 Å². The molecule has 1 rings (SSSR count). The van der Waals surface area contributed by atoms with Gasteiger partial charge in [0, 0.05) is 32.6 Å². The van der Waals surface area contributed by atoms with E-state index in [9.17, 15) is 9.18 Å². The lowest BCUT2D eigenvalue weighted by Gasteiger charge is -2.27. The maximum absolute atomic E-state index is 14.3. The number of carbonyl (C=O) groups excluding carboxylic acids is 1. The molecule has 0 unspecified atom stereocenters. The fraction of sp³-hybridized carbons (Fsp3) is 0.467. The number of aliphatic imine (C=N–C) groups is 1. The monoisotopic (exact) mass is 324 g/mol. The largest absolute Gasteiger partial charge is 0.370 e. The summed E-state index contributed by atoms with van der Waals surface area (Å²) in [5, 5.41) is 2.70. The first-order valence-electron chi connectivity index (χ1n) is 7.35. The molecule has 1 aromatic carbocycles. The van der Waals surface area contributed by atoms with Crippen LogP contribution in [-0.2, 0) is 4.79 Å². The molecule has 23 heavy (non-hydrogen) atoms. The standard InChI is InChI=1S/C15H25FN6O/c1-5-22(7-6-21(3)4)14-8-11(16)12(20-15(17)18)9-13(14)19-10(2)23/h8-9H,5-7H2,1-4H3,(H,19,23)(H4,17,18,20). The van der Waals surface area contributed by atoms with Crippen molar-refractivity contribution in [1.29, 1.82) is 0 Å². The van der Waals surface area contributed by atoms with Crippen LogP contribution < -0.4 is 21.7 Å². The lowest BCUT2D eigenvalue weighted by Crippen LogP contribution is -2.32. The van der Waals surface area contributed by atoms with E-state index in [1.54, 1.807) is 0 Å². The summed E-state index contributed by atoms with van der Waals surface area (Å²) in [5.41, 5.74) is 11.7. The van der Waals surface area contributed by atoms with Gasteiger partial charge >= 0.3 is 0 Å². The van der Waals surface area contributed by atoms with Gasteiger partial charge < -0.3 is 26.6 Å². The zero-order chi connectivity index (χ0) is 17.6. The number of carbonyl (C=O) groups is 1. The third-order valence-electron chi connectivity index (χ3n) is 3.16. The van der Waals surface area contributed by atoms with Gasteiger partial charge in [-0.05, 0) is 27.1 Å². The first-order chi connectivity index (χ1) is 10.7. The second-order valence-corrected chi connectivity index (χ2v) is 5.42. The molecule has 0 saturated carbocycles. The molecular weight excluding hydrogens is 299 g/mol. The van der Waals surface area contributed by atoms with E-state index in [4.69, 9.17) is 11.5 Å². The van der Waals surface area contributed by atoms with Crippen molar-refractivity contribution in [3.05, 3.63) is 17.9 Å². The van der Waals surface area contributed by atoms with Gasteiger partial charge in [0.05, 0.1) is 11.4 Å². The van der Waals surface area contributed by atoms with Crippen LogP contribution in [0, 0.1) is 5.82 Å². The van der Waals surface area contributed by atoms with Crippen LogP contribution in [0.4, 0.5) is 21.5 Å². The number of benzene rings is 1. The fourth-order valence-corrected chi connectivity index (χ4v) is 2.10. The summed E-state index contributed by atoms with van der Waals surface area (Å²) < 4.78 is 14.3. The van der Waals surface area contributed by atoms with Crippen LogP contribution >= 0.6 is 0 Å². The number of hydrogen-bond donors (Lipinski definition) is 3. The summed E-state index contributed by atoms with van der Waals surface area (Å²) in [4.78, 5) is 19.2. The van der Waals surface area contributed by atoms with Gasteiger partial charge in [0.15, 0.2) is 11.8 Å². The first-order valence-corrected chi connectivity index (χ1v) is 7.35. The third-order valence-corrected chi connectivity index (χ3v) is 3.16. The maximum atomic E-state index is 14.3. The molecule has 0 aliphatic carbocycles. The number of rotatable bonds is 7. The Bertz CT molecular complexity index is 584. The summed E-state index contributed by atoms with van der Waals surface area (Å²) >= 11 is 0. The smallest absolute Gasteiger partial charge is 0.221 e. The number of halogens is 1. The summed E-state index contributed by atoms with van der Waals surface area (Å²) in [6, 6.07) is 2.77. The highest BCUT2D eigenvalue weighted by molar-refractivity contribution is 5.94. The predicted molar refractivity (Wildman–Crippen MR) is 92.6 cm³/mol. The quantitative estimate of drug-likeness (QED) is 0.515. The van der Waals surface area contributed by atoms with Gasteiger partial charge in [-0.2, -0.15) is 0 Å². The molecule has 0 atom stereocenters. The molecule has 0 aromatic heterocycles. The Kier molecular flexibility index (Phi) is 6.77. The highest BCUT2D eigenvalue weighted by Gasteiger charge is 2.16. The molecular formula is C15H25FN6O. The average molecular weight is 324 g/mol. The summed E-state index contributed by atoms with van der Waals surface area (Å²) in [7, 11) is 3.93. The van der Waals surface area contributed by atoms with Gasteiger partial charge in [-0.1, -0.05) is 0 Å². The first kappa shape index (κ1) is 18.7. The SMILES string of the molecule is CCN(CCN(C)C)c1cc(F)c(N=C(N)N)cc1NC(C)=O. The van der Waals surface area contributed by atoms with Crippen molar-refractivity contribution in [3.8, 4) is 0 Å². The minimum absolute atomic E-state index is 0.0128. The van der Waals surface area contributed by atoms with Crippen molar-refractivity contribution in [2.75, 3.05) is 43.9 Å². The zero-order valence-corrected chi connectivity index (χ0v) is 14.1. The van der Waals surface area contributed by atoms with Gasteiger partial charge in [-0.25, -0.2) is 9.38 Å².